The molecule has 0 unspecified atom stereocenters. The first-order chi connectivity index (χ1) is 9.72. The summed E-state index contributed by atoms with van der Waals surface area (Å²) in [4.78, 5) is 11.9. The minimum atomic E-state index is -0.274. The summed E-state index contributed by atoms with van der Waals surface area (Å²) in [5.74, 6) is 0.426. The van der Waals surface area contributed by atoms with Gasteiger partial charge in [0.15, 0.2) is 0 Å². The Morgan fingerprint density at radius 1 is 1.20 bits per heavy atom. The van der Waals surface area contributed by atoms with Gasteiger partial charge in [-0.15, -0.1) is 0 Å². The Hall–Kier alpha value is -2.14. The van der Waals surface area contributed by atoms with Crippen molar-refractivity contribution in [2.24, 2.45) is 5.10 Å². The van der Waals surface area contributed by atoms with Crippen molar-refractivity contribution in [3.63, 3.8) is 0 Å². The van der Waals surface area contributed by atoms with Crippen LogP contribution in [0.4, 0.5) is 0 Å². The lowest BCUT2D eigenvalue weighted by Gasteiger charge is -2.04. The van der Waals surface area contributed by atoms with Crippen molar-refractivity contribution in [3.8, 4) is 5.75 Å². The third-order valence-corrected chi connectivity index (χ3v) is 3.32. The predicted octanol–water partition coefficient (Wildman–Crippen LogP) is 3.22. The predicted molar refractivity (Wildman–Crippen MR) is 82.2 cm³/mol. The lowest BCUT2D eigenvalue weighted by molar-refractivity contribution is 0.0954. The molecule has 1 amide bonds. The quantitative estimate of drug-likeness (QED) is 0.690. The Labute approximate surface area is 125 Å². The summed E-state index contributed by atoms with van der Waals surface area (Å²) in [6.45, 7) is 0. The molecular weight excluding hydrogens is 320 g/mol. The summed E-state index contributed by atoms with van der Waals surface area (Å²) in [6, 6.07) is 14.6. The average molecular weight is 333 g/mol. The van der Waals surface area contributed by atoms with E-state index in [-0.39, 0.29) is 5.91 Å². The summed E-state index contributed by atoms with van der Waals surface area (Å²) < 4.78 is 5.92. The number of hydrazone groups is 1. The van der Waals surface area contributed by atoms with Gasteiger partial charge in [0, 0.05) is 10.0 Å². The number of hydrogen-bond acceptors (Lipinski definition) is 3. The molecule has 0 atom stereocenters. The molecule has 0 bridgehead atoms. The van der Waals surface area contributed by atoms with Crippen LogP contribution in [0.5, 0.6) is 5.75 Å². The lowest BCUT2D eigenvalue weighted by Crippen LogP contribution is -2.18. The number of methoxy groups -OCH3 is 1. The van der Waals surface area contributed by atoms with Gasteiger partial charge in [0.25, 0.3) is 5.91 Å². The van der Waals surface area contributed by atoms with Crippen molar-refractivity contribution < 1.29 is 9.53 Å². The SMILES string of the molecule is COc1ccccc1/C=N/NC(=O)c1ccccc1Br. The van der Waals surface area contributed by atoms with Gasteiger partial charge in [-0.25, -0.2) is 5.43 Å². The van der Waals surface area contributed by atoms with E-state index in [0.717, 1.165) is 10.0 Å². The standard InChI is InChI=1S/C15H13BrN2O2/c1-20-14-9-5-2-6-11(14)10-17-18-15(19)12-7-3-4-8-13(12)16/h2-10H,1H3,(H,18,19)/b17-10+. The van der Waals surface area contributed by atoms with Crippen molar-refractivity contribution in [3.05, 3.63) is 64.1 Å². The maximum atomic E-state index is 11.9. The van der Waals surface area contributed by atoms with Crippen LogP contribution in [0.2, 0.25) is 0 Å². The molecule has 0 saturated carbocycles. The van der Waals surface area contributed by atoms with Crippen molar-refractivity contribution in [1.29, 1.82) is 0 Å². The van der Waals surface area contributed by atoms with Crippen LogP contribution in [0.25, 0.3) is 0 Å². The topological polar surface area (TPSA) is 50.7 Å². The van der Waals surface area contributed by atoms with E-state index in [0.29, 0.717) is 11.3 Å². The number of carbonyl (C=O) groups is 1. The van der Waals surface area contributed by atoms with Crippen LogP contribution in [0.1, 0.15) is 15.9 Å². The molecule has 0 aliphatic rings. The third-order valence-electron chi connectivity index (χ3n) is 2.63. The Bertz CT molecular complexity index is 641. The van der Waals surface area contributed by atoms with Gasteiger partial charge in [0.05, 0.1) is 18.9 Å². The molecule has 102 valence electrons. The van der Waals surface area contributed by atoms with Crippen LogP contribution in [-0.2, 0) is 0 Å². The van der Waals surface area contributed by atoms with Crippen LogP contribution in [0.3, 0.4) is 0 Å². The van der Waals surface area contributed by atoms with E-state index in [1.54, 1.807) is 31.5 Å². The molecule has 4 nitrogen and oxygen atoms in total. The molecule has 0 aliphatic carbocycles. The molecule has 20 heavy (non-hydrogen) atoms. The van der Waals surface area contributed by atoms with E-state index in [4.69, 9.17) is 4.74 Å². The van der Waals surface area contributed by atoms with E-state index in [2.05, 4.69) is 26.5 Å². The van der Waals surface area contributed by atoms with Crippen LogP contribution in [-0.4, -0.2) is 19.2 Å². The molecule has 0 spiro atoms. The number of nitrogens with one attached hydrogen (secondary N) is 1. The number of para-hydroxylation sites is 1. The normalized spacial score (nSPS) is 10.5. The van der Waals surface area contributed by atoms with Crippen molar-refractivity contribution >= 4 is 28.1 Å². The minimum Gasteiger partial charge on any atom is -0.496 e. The van der Waals surface area contributed by atoms with E-state index < -0.39 is 0 Å². The maximum absolute atomic E-state index is 11.9. The van der Waals surface area contributed by atoms with Gasteiger partial charge in [0.1, 0.15) is 5.75 Å². The zero-order valence-corrected chi connectivity index (χ0v) is 12.4. The number of halogens is 1. The van der Waals surface area contributed by atoms with Crippen molar-refractivity contribution in [1.82, 2.24) is 5.43 Å². The number of nitrogens with zero attached hydrogens (tertiary/aromatic N) is 1. The van der Waals surface area contributed by atoms with Gasteiger partial charge in [0.2, 0.25) is 0 Å². The number of benzene rings is 2. The Morgan fingerprint density at radius 3 is 2.65 bits per heavy atom. The Kier molecular flexibility index (Phi) is 4.90. The number of hydrogen-bond donors (Lipinski definition) is 1. The smallest absolute Gasteiger partial charge is 0.272 e. The van der Waals surface area contributed by atoms with E-state index >= 15 is 0 Å². The molecule has 1 N–H and O–H groups in total. The maximum Gasteiger partial charge on any atom is 0.272 e. The number of ether oxygens (including phenoxy) is 1. The summed E-state index contributed by atoms with van der Waals surface area (Å²) in [5, 5.41) is 3.94. The van der Waals surface area contributed by atoms with E-state index in [1.165, 1.54) is 0 Å². The van der Waals surface area contributed by atoms with Crippen molar-refractivity contribution in [2.75, 3.05) is 7.11 Å². The molecule has 0 aliphatic heterocycles. The van der Waals surface area contributed by atoms with Crippen LogP contribution in [0.15, 0.2) is 58.1 Å². The first kappa shape index (κ1) is 14.3. The molecule has 0 saturated heterocycles. The van der Waals surface area contributed by atoms with Crippen LogP contribution >= 0.6 is 15.9 Å². The van der Waals surface area contributed by atoms with Gasteiger partial charge in [-0.3, -0.25) is 4.79 Å². The fraction of sp³-hybridized carbons (Fsp3) is 0.0667. The highest BCUT2D eigenvalue weighted by Crippen LogP contribution is 2.16. The number of carbonyl (C=O) groups excluding carboxylic acids is 1. The molecule has 2 aromatic carbocycles. The van der Waals surface area contributed by atoms with Gasteiger partial charge in [-0.1, -0.05) is 24.3 Å². The third kappa shape index (κ3) is 3.45. The lowest BCUT2D eigenvalue weighted by atomic mass is 10.2. The zero-order chi connectivity index (χ0) is 14.4. The molecule has 0 heterocycles. The summed E-state index contributed by atoms with van der Waals surface area (Å²) in [6.07, 6.45) is 1.55. The Morgan fingerprint density at radius 2 is 1.90 bits per heavy atom. The van der Waals surface area contributed by atoms with E-state index in [1.807, 2.05) is 30.3 Å². The second-order valence-electron chi connectivity index (χ2n) is 3.92. The summed E-state index contributed by atoms with van der Waals surface area (Å²) in [7, 11) is 1.59. The average Bonchev–Trinajstić information content (AvgIpc) is 2.48. The van der Waals surface area contributed by atoms with Crippen molar-refractivity contribution in [2.45, 2.75) is 0 Å². The molecular formula is C15H13BrN2O2. The first-order valence-electron chi connectivity index (χ1n) is 5.93. The molecule has 2 aromatic rings. The highest BCUT2D eigenvalue weighted by molar-refractivity contribution is 9.10. The molecule has 0 aromatic heterocycles. The monoisotopic (exact) mass is 332 g/mol. The van der Waals surface area contributed by atoms with Gasteiger partial charge in [-0.2, -0.15) is 5.10 Å². The fourth-order valence-corrected chi connectivity index (χ4v) is 2.10. The second-order valence-corrected chi connectivity index (χ2v) is 4.78. The largest absolute Gasteiger partial charge is 0.496 e. The molecule has 5 heteroatoms. The molecule has 0 fully saturated rings. The van der Waals surface area contributed by atoms with Crippen LogP contribution < -0.4 is 10.2 Å². The molecule has 2 rings (SSSR count). The minimum absolute atomic E-state index is 0.274. The summed E-state index contributed by atoms with van der Waals surface area (Å²) in [5.41, 5.74) is 3.81. The summed E-state index contributed by atoms with van der Waals surface area (Å²) >= 11 is 3.32. The van der Waals surface area contributed by atoms with Crippen LogP contribution in [0, 0.1) is 0 Å². The highest BCUT2D eigenvalue weighted by atomic mass is 79.9. The Balaban J connectivity index is 2.07. The first-order valence-corrected chi connectivity index (χ1v) is 6.72. The van der Waals surface area contributed by atoms with Gasteiger partial charge >= 0.3 is 0 Å². The number of rotatable bonds is 4. The van der Waals surface area contributed by atoms with Gasteiger partial charge < -0.3 is 4.74 Å². The second kappa shape index (κ2) is 6.86. The zero-order valence-electron chi connectivity index (χ0n) is 10.8. The highest BCUT2D eigenvalue weighted by Gasteiger charge is 2.07. The fourth-order valence-electron chi connectivity index (χ4n) is 1.64. The van der Waals surface area contributed by atoms with E-state index in [9.17, 15) is 4.79 Å². The molecule has 0 radical (unpaired) electrons. The number of amides is 1. The van der Waals surface area contributed by atoms with Gasteiger partial charge in [-0.05, 0) is 40.2 Å².